The van der Waals surface area contributed by atoms with Crippen LogP contribution in [0.4, 0.5) is 5.82 Å². The smallest absolute Gasteiger partial charge is 0.268 e. The van der Waals surface area contributed by atoms with Crippen molar-refractivity contribution >= 4 is 11.7 Å². The Labute approximate surface area is 143 Å². The third-order valence-electron chi connectivity index (χ3n) is 4.43. The number of rotatable bonds is 5. The van der Waals surface area contributed by atoms with Crippen LogP contribution in [-0.4, -0.2) is 59.1 Å². The Hall–Kier alpha value is -2.34. The molecule has 0 aromatic carbocycles. The van der Waals surface area contributed by atoms with Gasteiger partial charge in [0, 0.05) is 58.2 Å². The lowest BCUT2D eigenvalue weighted by Gasteiger charge is -2.36. The van der Waals surface area contributed by atoms with Crippen molar-refractivity contribution < 1.29 is 4.79 Å². The highest BCUT2D eigenvalue weighted by molar-refractivity contribution is 5.92. The second-order valence-corrected chi connectivity index (χ2v) is 6.35. The standard InChI is InChI=1S/C18H25N5O/c1-15(20-18(24)16-6-5-9-21(16)2)14-22-10-12-23(13-11-22)17-7-3-4-8-19-17/h3-9,15H,10-14H2,1-2H3,(H,20,24)/t15-/m0/s1. The lowest BCUT2D eigenvalue weighted by molar-refractivity contribution is 0.0920. The highest BCUT2D eigenvalue weighted by Gasteiger charge is 2.20. The molecule has 0 spiro atoms. The van der Waals surface area contributed by atoms with E-state index in [4.69, 9.17) is 0 Å². The van der Waals surface area contributed by atoms with Crippen LogP contribution < -0.4 is 10.2 Å². The van der Waals surface area contributed by atoms with Crippen molar-refractivity contribution in [3.8, 4) is 0 Å². The average Bonchev–Trinajstić information content (AvgIpc) is 3.02. The summed E-state index contributed by atoms with van der Waals surface area (Å²) >= 11 is 0. The summed E-state index contributed by atoms with van der Waals surface area (Å²) in [7, 11) is 1.89. The summed E-state index contributed by atoms with van der Waals surface area (Å²) in [5.74, 6) is 1.03. The maximum Gasteiger partial charge on any atom is 0.268 e. The average molecular weight is 327 g/mol. The number of pyridine rings is 1. The van der Waals surface area contributed by atoms with E-state index in [0.29, 0.717) is 5.69 Å². The van der Waals surface area contributed by atoms with Crippen LogP contribution in [0.3, 0.4) is 0 Å². The Morgan fingerprint density at radius 1 is 1.21 bits per heavy atom. The Morgan fingerprint density at radius 2 is 2.00 bits per heavy atom. The molecule has 2 aromatic heterocycles. The van der Waals surface area contributed by atoms with Crippen LogP contribution in [0.25, 0.3) is 0 Å². The molecule has 0 bridgehead atoms. The van der Waals surface area contributed by atoms with E-state index >= 15 is 0 Å². The number of hydrogen-bond donors (Lipinski definition) is 1. The molecule has 24 heavy (non-hydrogen) atoms. The Balaban J connectivity index is 1.46. The molecular formula is C18H25N5O. The predicted octanol–water partition coefficient (Wildman–Crippen LogP) is 1.36. The van der Waals surface area contributed by atoms with Crippen LogP contribution in [0.1, 0.15) is 17.4 Å². The van der Waals surface area contributed by atoms with Crippen molar-refractivity contribution in [3.63, 3.8) is 0 Å². The molecule has 0 unspecified atom stereocenters. The molecule has 6 heteroatoms. The van der Waals surface area contributed by atoms with Gasteiger partial charge in [-0.1, -0.05) is 6.07 Å². The summed E-state index contributed by atoms with van der Waals surface area (Å²) in [6, 6.07) is 9.86. The monoisotopic (exact) mass is 327 g/mol. The van der Waals surface area contributed by atoms with Crippen molar-refractivity contribution in [2.24, 2.45) is 7.05 Å². The molecule has 1 fully saturated rings. The number of anilines is 1. The molecule has 1 aliphatic heterocycles. The van der Waals surface area contributed by atoms with E-state index in [9.17, 15) is 4.79 Å². The first kappa shape index (κ1) is 16.5. The van der Waals surface area contributed by atoms with Gasteiger partial charge in [0.25, 0.3) is 5.91 Å². The second kappa shape index (κ2) is 7.49. The van der Waals surface area contributed by atoms with E-state index < -0.39 is 0 Å². The van der Waals surface area contributed by atoms with Crippen LogP contribution in [0.2, 0.25) is 0 Å². The van der Waals surface area contributed by atoms with E-state index in [1.807, 2.05) is 48.3 Å². The van der Waals surface area contributed by atoms with Crippen molar-refractivity contribution in [2.45, 2.75) is 13.0 Å². The minimum absolute atomic E-state index is 0.0119. The number of carbonyl (C=O) groups excluding carboxylic acids is 1. The Morgan fingerprint density at radius 3 is 2.62 bits per heavy atom. The molecule has 128 valence electrons. The van der Waals surface area contributed by atoms with Gasteiger partial charge in [-0.2, -0.15) is 0 Å². The van der Waals surface area contributed by atoms with Crippen LogP contribution in [-0.2, 0) is 7.05 Å². The molecule has 1 aliphatic rings. The molecular weight excluding hydrogens is 302 g/mol. The minimum Gasteiger partial charge on any atom is -0.354 e. The Kier molecular flexibility index (Phi) is 5.15. The molecule has 0 radical (unpaired) electrons. The van der Waals surface area contributed by atoms with Gasteiger partial charge in [-0.15, -0.1) is 0 Å². The fourth-order valence-corrected chi connectivity index (χ4v) is 3.13. The van der Waals surface area contributed by atoms with Crippen molar-refractivity contribution in [1.29, 1.82) is 0 Å². The summed E-state index contributed by atoms with van der Waals surface area (Å²) in [5, 5.41) is 3.09. The molecule has 1 saturated heterocycles. The Bertz CT molecular complexity index is 661. The highest BCUT2D eigenvalue weighted by atomic mass is 16.2. The summed E-state index contributed by atoms with van der Waals surface area (Å²) < 4.78 is 1.84. The van der Waals surface area contributed by atoms with Crippen molar-refractivity contribution in [3.05, 3.63) is 48.4 Å². The van der Waals surface area contributed by atoms with Crippen LogP contribution in [0.5, 0.6) is 0 Å². The number of nitrogens with zero attached hydrogens (tertiary/aromatic N) is 4. The second-order valence-electron chi connectivity index (χ2n) is 6.35. The van der Waals surface area contributed by atoms with Crippen molar-refractivity contribution in [1.82, 2.24) is 19.8 Å². The number of amides is 1. The number of aryl methyl sites for hydroxylation is 1. The lowest BCUT2D eigenvalue weighted by Crippen LogP contribution is -2.51. The summed E-state index contributed by atoms with van der Waals surface area (Å²) in [6.07, 6.45) is 3.72. The minimum atomic E-state index is -0.0119. The third-order valence-corrected chi connectivity index (χ3v) is 4.43. The molecule has 1 N–H and O–H groups in total. The van der Waals surface area contributed by atoms with E-state index in [2.05, 4.69) is 33.1 Å². The SMILES string of the molecule is C[C@@H](CN1CCN(c2ccccn2)CC1)NC(=O)c1cccn1C. The topological polar surface area (TPSA) is 53.4 Å². The van der Waals surface area contributed by atoms with Gasteiger partial charge < -0.3 is 14.8 Å². The molecule has 0 saturated carbocycles. The molecule has 3 heterocycles. The summed E-state index contributed by atoms with van der Waals surface area (Å²) in [6.45, 7) is 6.84. The van der Waals surface area contributed by atoms with Gasteiger partial charge in [0.1, 0.15) is 11.5 Å². The van der Waals surface area contributed by atoms with Crippen LogP contribution in [0.15, 0.2) is 42.7 Å². The first-order chi connectivity index (χ1) is 11.6. The van der Waals surface area contributed by atoms with Gasteiger partial charge in [0.15, 0.2) is 0 Å². The number of aromatic nitrogens is 2. The van der Waals surface area contributed by atoms with E-state index in [0.717, 1.165) is 38.5 Å². The third kappa shape index (κ3) is 3.94. The summed E-state index contributed by atoms with van der Waals surface area (Å²) in [5.41, 5.74) is 0.696. The first-order valence-corrected chi connectivity index (χ1v) is 8.44. The zero-order chi connectivity index (χ0) is 16.9. The highest BCUT2D eigenvalue weighted by Crippen LogP contribution is 2.12. The number of hydrogen-bond acceptors (Lipinski definition) is 4. The van der Waals surface area contributed by atoms with Gasteiger partial charge in [-0.05, 0) is 31.2 Å². The van der Waals surface area contributed by atoms with Gasteiger partial charge >= 0.3 is 0 Å². The largest absolute Gasteiger partial charge is 0.354 e. The van der Waals surface area contributed by atoms with Crippen LogP contribution >= 0.6 is 0 Å². The van der Waals surface area contributed by atoms with E-state index in [-0.39, 0.29) is 11.9 Å². The molecule has 6 nitrogen and oxygen atoms in total. The van der Waals surface area contributed by atoms with Crippen LogP contribution in [0, 0.1) is 0 Å². The van der Waals surface area contributed by atoms with Crippen molar-refractivity contribution in [2.75, 3.05) is 37.6 Å². The maximum absolute atomic E-state index is 12.2. The molecule has 1 atom stereocenters. The number of nitrogens with one attached hydrogen (secondary N) is 1. The van der Waals surface area contributed by atoms with Gasteiger partial charge in [-0.25, -0.2) is 4.98 Å². The zero-order valence-corrected chi connectivity index (χ0v) is 14.4. The fourth-order valence-electron chi connectivity index (χ4n) is 3.13. The lowest BCUT2D eigenvalue weighted by atomic mass is 10.2. The first-order valence-electron chi connectivity index (χ1n) is 8.44. The normalized spacial score (nSPS) is 16.8. The summed E-state index contributed by atoms with van der Waals surface area (Å²) in [4.78, 5) is 21.4. The number of carbonyl (C=O) groups is 1. The van der Waals surface area contributed by atoms with Gasteiger partial charge in [0.2, 0.25) is 0 Å². The van der Waals surface area contributed by atoms with Gasteiger partial charge in [-0.3, -0.25) is 9.69 Å². The van der Waals surface area contributed by atoms with E-state index in [1.165, 1.54) is 0 Å². The quantitative estimate of drug-likeness (QED) is 0.901. The van der Waals surface area contributed by atoms with Gasteiger partial charge in [0.05, 0.1) is 0 Å². The van der Waals surface area contributed by atoms with E-state index in [1.54, 1.807) is 0 Å². The molecule has 0 aliphatic carbocycles. The number of piperazine rings is 1. The maximum atomic E-state index is 12.2. The molecule has 3 rings (SSSR count). The predicted molar refractivity (Wildman–Crippen MR) is 95.2 cm³/mol. The fraction of sp³-hybridized carbons (Fsp3) is 0.444. The zero-order valence-electron chi connectivity index (χ0n) is 14.4. The molecule has 2 aromatic rings. The molecule has 1 amide bonds.